The molecule has 0 amide bonds. The molecule has 1 aliphatic heterocycles. The number of carbonyl (C=O) groups excluding carboxylic acids is 1. The fraction of sp³-hybridized carbons (Fsp3) is 0.500. The largest absolute Gasteiger partial charge is 0.378 e. The molecule has 1 N–H and O–H groups in total. The molecule has 0 aromatic heterocycles. The molecule has 0 aliphatic carbocycles. The Hall–Kier alpha value is -1.19. The van der Waals surface area contributed by atoms with Crippen molar-refractivity contribution in [2.45, 2.75) is 25.8 Å². The third kappa shape index (κ3) is 3.14. The van der Waals surface area contributed by atoms with E-state index in [2.05, 4.69) is 12.2 Å². The molecule has 1 heterocycles. The third-order valence-corrected chi connectivity index (χ3v) is 3.02. The van der Waals surface area contributed by atoms with E-state index in [-0.39, 0.29) is 11.8 Å². The summed E-state index contributed by atoms with van der Waals surface area (Å²) in [6, 6.07) is 7.74. The van der Waals surface area contributed by atoms with Crippen LogP contribution in [0.1, 0.15) is 29.3 Å². The summed E-state index contributed by atoms with van der Waals surface area (Å²) in [5.74, 6) is 0.132. The molecule has 1 aromatic carbocycles. The number of hydrogen-bond donors (Lipinski definition) is 1. The molecule has 1 atom stereocenters. The van der Waals surface area contributed by atoms with Crippen LogP contribution in [-0.2, 0) is 11.2 Å². The number of rotatable bonds is 4. The fourth-order valence-electron chi connectivity index (χ4n) is 2.06. The molecule has 0 spiro atoms. The van der Waals surface area contributed by atoms with Crippen LogP contribution in [0.5, 0.6) is 0 Å². The van der Waals surface area contributed by atoms with Gasteiger partial charge in [-0.2, -0.15) is 0 Å². The lowest BCUT2D eigenvalue weighted by atomic mass is 10.0. The molecular weight excluding hydrogens is 214 g/mol. The second kappa shape index (κ2) is 5.94. The number of ether oxygens (including phenoxy) is 1. The van der Waals surface area contributed by atoms with E-state index in [4.69, 9.17) is 4.74 Å². The molecule has 1 aromatic rings. The smallest absolute Gasteiger partial charge is 0.182 e. The van der Waals surface area contributed by atoms with Gasteiger partial charge in [-0.1, -0.05) is 37.6 Å². The Kier molecular flexibility index (Phi) is 4.29. The first-order chi connectivity index (χ1) is 8.31. The standard InChI is InChI=1S/C14H19NO2/c1-2-3-11-4-6-12(7-5-11)14(16)13-10-17-9-8-15-13/h4-7,13,15H,2-3,8-10H2,1H3. The summed E-state index contributed by atoms with van der Waals surface area (Å²) < 4.78 is 5.30. The van der Waals surface area contributed by atoms with Gasteiger partial charge in [0.25, 0.3) is 0 Å². The minimum Gasteiger partial charge on any atom is -0.378 e. The summed E-state index contributed by atoms with van der Waals surface area (Å²) in [5, 5.41) is 3.18. The predicted octanol–water partition coefficient (Wildman–Crippen LogP) is 1.81. The van der Waals surface area contributed by atoms with Crippen LogP contribution >= 0.6 is 0 Å². The van der Waals surface area contributed by atoms with Crippen LogP contribution in [0, 0.1) is 0 Å². The molecule has 0 bridgehead atoms. The normalized spacial score (nSPS) is 20.2. The van der Waals surface area contributed by atoms with E-state index in [1.807, 2.05) is 24.3 Å². The highest BCUT2D eigenvalue weighted by molar-refractivity contribution is 6.00. The Labute approximate surface area is 102 Å². The molecule has 17 heavy (non-hydrogen) atoms. The van der Waals surface area contributed by atoms with Crippen molar-refractivity contribution in [2.24, 2.45) is 0 Å². The molecule has 1 aliphatic rings. The maximum Gasteiger partial charge on any atom is 0.182 e. The highest BCUT2D eigenvalue weighted by Crippen LogP contribution is 2.10. The maximum atomic E-state index is 12.1. The highest BCUT2D eigenvalue weighted by Gasteiger charge is 2.22. The Morgan fingerprint density at radius 2 is 2.18 bits per heavy atom. The van der Waals surface area contributed by atoms with Gasteiger partial charge in [-0.05, 0) is 12.0 Å². The van der Waals surface area contributed by atoms with Crippen LogP contribution in [0.3, 0.4) is 0 Å². The van der Waals surface area contributed by atoms with E-state index in [1.165, 1.54) is 5.56 Å². The van der Waals surface area contributed by atoms with E-state index >= 15 is 0 Å². The van der Waals surface area contributed by atoms with Crippen molar-refractivity contribution in [3.05, 3.63) is 35.4 Å². The van der Waals surface area contributed by atoms with Crippen molar-refractivity contribution in [1.82, 2.24) is 5.32 Å². The highest BCUT2D eigenvalue weighted by atomic mass is 16.5. The van der Waals surface area contributed by atoms with Crippen molar-refractivity contribution in [1.29, 1.82) is 0 Å². The Morgan fingerprint density at radius 3 is 2.76 bits per heavy atom. The summed E-state index contributed by atoms with van der Waals surface area (Å²) in [7, 11) is 0. The van der Waals surface area contributed by atoms with Crippen molar-refractivity contribution >= 4 is 5.78 Å². The van der Waals surface area contributed by atoms with Gasteiger partial charge >= 0.3 is 0 Å². The van der Waals surface area contributed by atoms with Crippen molar-refractivity contribution in [3.63, 3.8) is 0 Å². The van der Waals surface area contributed by atoms with Gasteiger partial charge in [0.05, 0.1) is 19.3 Å². The van der Waals surface area contributed by atoms with Gasteiger partial charge in [-0.15, -0.1) is 0 Å². The number of benzene rings is 1. The first-order valence-electron chi connectivity index (χ1n) is 6.25. The summed E-state index contributed by atoms with van der Waals surface area (Å²) >= 11 is 0. The lowest BCUT2D eigenvalue weighted by molar-refractivity contribution is 0.0607. The maximum absolute atomic E-state index is 12.1. The quantitative estimate of drug-likeness (QED) is 0.806. The molecule has 1 unspecified atom stereocenters. The van der Waals surface area contributed by atoms with Gasteiger partial charge in [-0.3, -0.25) is 4.79 Å². The molecule has 92 valence electrons. The molecule has 3 nitrogen and oxygen atoms in total. The molecule has 0 radical (unpaired) electrons. The first kappa shape index (κ1) is 12.3. The Morgan fingerprint density at radius 1 is 1.41 bits per heavy atom. The number of ketones is 1. The van der Waals surface area contributed by atoms with Gasteiger partial charge in [0.1, 0.15) is 0 Å². The van der Waals surface area contributed by atoms with Crippen LogP contribution < -0.4 is 5.32 Å². The summed E-state index contributed by atoms with van der Waals surface area (Å²) in [6.45, 7) is 4.08. The lowest BCUT2D eigenvalue weighted by Gasteiger charge is -2.22. The zero-order chi connectivity index (χ0) is 12.1. The average molecular weight is 233 g/mol. The third-order valence-electron chi connectivity index (χ3n) is 3.02. The van der Waals surface area contributed by atoms with Crippen molar-refractivity contribution in [3.8, 4) is 0 Å². The van der Waals surface area contributed by atoms with E-state index in [9.17, 15) is 4.79 Å². The summed E-state index contributed by atoms with van der Waals surface area (Å²) in [5.41, 5.74) is 2.06. The van der Waals surface area contributed by atoms with Gasteiger partial charge in [-0.25, -0.2) is 0 Å². The zero-order valence-electron chi connectivity index (χ0n) is 10.2. The van der Waals surface area contributed by atoms with E-state index < -0.39 is 0 Å². The summed E-state index contributed by atoms with van der Waals surface area (Å²) in [4.78, 5) is 12.1. The van der Waals surface area contributed by atoms with Crippen LogP contribution in [0.15, 0.2) is 24.3 Å². The topological polar surface area (TPSA) is 38.3 Å². The Bertz CT molecular complexity index is 366. The average Bonchev–Trinajstić information content (AvgIpc) is 2.40. The molecule has 1 saturated heterocycles. The molecular formula is C14H19NO2. The number of aryl methyl sites for hydroxylation is 1. The second-order valence-electron chi connectivity index (χ2n) is 4.39. The number of hydrogen-bond acceptors (Lipinski definition) is 3. The zero-order valence-corrected chi connectivity index (χ0v) is 10.2. The van der Waals surface area contributed by atoms with Crippen LogP contribution in [-0.4, -0.2) is 31.6 Å². The number of morpholine rings is 1. The van der Waals surface area contributed by atoms with Crippen molar-refractivity contribution in [2.75, 3.05) is 19.8 Å². The van der Waals surface area contributed by atoms with E-state index in [1.54, 1.807) is 0 Å². The number of nitrogens with one attached hydrogen (secondary N) is 1. The molecule has 3 heteroatoms. The Balaban J connectivity index is 2.03. The van der Waals surface area contributed by atoms with Gasteiger partial charge in [0.15, 0.2) is 5.78 Å². The number of Topliss-reactive ketones (excluding diaryl/α,β-unsaturated/α-hetero) is 1. The van der Waals surface area contributed by atoms with Crippen molar-refractivity contribution < 1.29 is 9.53 Å². The predicted molar refractivity (Wildman–Crippen MR) is 67.4 cm³/mol. The molecule has 2 rings (SSSR count). The van der Waals surface area contributed by atoms with Gasteiger partial charge in [0, 0.05) is 12.1 Å². The first-order valence-corrected chi connectivity index (χ1v) is 6.25. The minimum absolute atomic E-state index is 0.132. The van der Waals surface area contributed by atoms with Crippen LogP contribution in [0.25, 0.3) is 0 Å². The summed E-state index contributed by atoms with van der Waals surface area (Å²) in [6.07, 6.45) is 2.20. The van der Waals surface area contributed by atoms with Gasteiger partial charge in [0.2, 0.25) is 0 Å². The van der Waals surface area contributed by atoms with Gasteiger partial charge < -0.3 is 10.1 Å². The SMILES string of the molecule is CCCc1ccc(C(=O)C2COCCN2)cc1. The second-order valence-corrected chi connectivity index (χ2v) is 4.39. The molecule has 0 saturated carbocycles. The van der Waals surface area contributed by atoms with Crippen LogP contribution in [0.4, 0.5) is 0 Å². The monoisotopic (exact) mass is 233 g/mol. The molecule has 1 fully saturated rings. The minimum atomic E-state index is -0.180. The lowest BCUT2D eigenvalue weighted by Crippen LogP contribution is -2.46. The number of carbonyl (C=O) groups is 1. The fourth-order valence-corrected chi connectivity index (χ4v) is 2.06. The van der Waals surface area contributed by atoms with E-state index in [0.29, 0.717) is 13.2 Å². The van der Waals surface area contributed by atoms with Crippen LogP contribution in [0.2, 0.25) is 0 Å². The van der Waals surface area contributed by atoms with E-state index in [0.717, 1.165) is 24.9 Å².